The maximum absolute atomic E-state index is 11.6. The van der Waals surface area contributed by atoms with Crippen molar-refractivity contribution >= 4 is 17.7 Å². The van der Waals surface area contributed by atoms with Crippen molar-refractivity contribution < 1.29 is 19.7 Å². The van der Waals surface area contributed by atoms with Gasteiger partial charge in [0.1, 0.15) is 18.8 Å². The topological polar surface area (TPSA) is 78.8 Å². The van der Waals surface area contributed by atoms with Crippen molar-refractivity contribution in [3.8, 4) is 0 Å². The van der Waals surface area contributed by atoms with Crippen LogP contribution >= 0.6 is 11.6 Å². The number of carbonyl (C=O) groups is 1. The van der Waals surface area contributed by atoms with Crippen molar-refractivity contribution in [1.82, 2.24) is 5.32 Å². The van der Waals surface area contributed by atoms with E-state index in [1.165, 1.54) is 0 Å². The monoisotopic (exact) mass is 349 g/mol. The van der Waals surface area contributed by atoms with Gasteiger partial charge in [0, 0.05) is 11.6 Å². The highest BCUT2D eigenvalue weighted by atomic mass is 35.5. The van der Waals surface area contributed by atoms with Crippen LogP contribution in [0.15, 0.2) is 48.5 Å². The average Bonchev–Trinajstić information content (AvgIpc) is 2.57. The number of benzene rings is 2. The second-order valence-electron chi connectivity index (χ2n) is 5.52. The molecule has 1 amide bonds. The Balaban J connectivity index is 1.81. The zero-order valence-electron chi connectivity index (χ0n) is 13.3. The largest absolute Gasteiger partial charge is 0.445 e. The number of carbonyl (C=O) groups excluding carboxylic acids is 1. The normalized spacial score (nSPS) is 13.2. The first kappa shape index (κ1) is 18.3. The highest BCUT2D eigenvalue weighted by Crippen LogP contribution is 2.22. The summed E-state index contributed by atoms with van der Waals surface area (Å²) in [7, 11) is 0. The molecule has 0 heterocycles. The number of ether oxygens (including phenoxy) is 1. The Morgan fingerprint density at radius 3 is 2.58 bits per heavy atom. The molecular weight excluding hydrogens is 330 g/mol. The smallest absolute Gasteiger partial charge is 0.407 e. The molecule has 2 unspecified atom stereocenters. The molecule has 128 valence electrons. The van der Waals surface area contributed by atoms with E-state index >= 15 is 0 Å². The third-order valence-electron chi connectivity index (χ3n) is 3.44. The number of nitrogens with one attached hydrogen (secondary N) is 1. The third-order valence-corrected chi connectivity index (χ3v) is 3.66. The van der Waals surface area contributed by atoms with Crippen LogP contribution in [-0.4, -0.2) is 29.0 Å². The quantitative estimate of drug-likeness (QED) is 0.749. The standard InChI is InChI=1S/C18H20ClNO4/c1-12-7-14(9-15(19)8-12)17(22)16(21)10-20-18(23)24-11-13-5-3-2-4-6-13/h2-9,16-17,21-22H,10-11H2,1H3,(H,20,23). The van der Waals surface area contributed by atoms with Gasteiger partial charge in [-0.15, -0.1) is 0 Å². The Morgan fingerprint density at radius 1 is 1.21 bits per heavy atom. The van der Waals surface area contributed by atoms with Crippen molar-refractivity contribution in [3.63, 3.8) is 0 Å². The van der Waals surface area contributed by atoms with Gasteiger partial charge < -0.3 is 20.3 Å². The fourth-order valence-electron chi connectivity index (χ4n) is 2.23. The van der Waals surface area contributed by atoms with Gasteiger partial charge >= 0.3 is 6.09 Å². The van der Waals surface area contributed by atoms with Gasteiger partial charge in [-0.3, -0.25) is 0 Å². The molecule has 24 heavy (non-hydrogen) atoms. The maximum atomic E-state index is 11.6. The number of hydrogen-bond donors (Lipinski definition) is 3. The third kappa shape index (κ3) is 5.53. The van der Waals surface area contributed by atoms with Crippen molar-refractivity contribution in [2.75, 3.05) is 6.54 Å². The van der Waals surface area contributed by atoms with Crippen molar-refractivity contribution in [3.05, 3.63) is 70.2 Å². The Hall–Kier alpha value is -2.08. The minimum atomic E-state index is -1.17. The second-order valence-corrected chi connectivity index (χ2v) is 5.95. The van der Waals surface area contributed by atoms with Gasteiger partial charge in [0.25, 0.3) is 0 Å². The highest BCUT2D eigenvalue weighted by molar-refractivity contribution is 6.30. The summed E-state index contributed by atoms with van der Waals surface area (Å²) in [6, 6.07) is 14.3. The molecule has 2 aromatic carbocycles. The summed E-state index contributed by atoms with van der Waals surface area (Å²) in [5.74, 6) is 0. The molecule has 0 saturated heterocycles. The van der Waals surface area contributed by atoms with E-state index < -0.39 is 18.3 Å². The van der Waals surface area contributed by atoms with Crippen LogP contribution in [-0.2, 0) is 11.3 Å². The lowest BCUT2D eigenvalue weighted by Crippen LogP contribution is -2.35. The predicted molar refractivity (Wildman–Crippen MR) is 91.8 cm³/mol. The fourth-order valence-corrected chi connectivity index (χ4v) is 2.53. The molecule has 0 spiro atoms. The Labute approximate surface area is 145 Å². The van der Waals surface area contributed by atoms with Crippen LogP contribution in [0.4, 0.5) is 4.79 Å². The minimum Gasteiger partial charge on any atom is -0.445 e. The summed E-state index contributed by atoms with van der Waals surface area (Å²) in [6.07, 6.45) is -2.99. The molecule has 5 nitrogen and oxygen atoms in total. The molecule has 2 aromatic rings. The molecule has 6 heteroatoms. The van der Waals surface area contributed by atoms with Crippen LogP contribution < -0.4 is 5.32 Å². The molecule has 0 saturated carbocycles. The first-order chi connectivity index (χ1) is 11.5. The highest BCUT2D eigenvalue weighted by Gasteiger charge is 2.20. The van der Waals surface area contributed by atoms with E-state index in [0.717, 1.165) is 11.1 Å². The summed E-state index contributed by atoms with van der Waals surface area (Å²) in [6.45, 7) is 1.84. The van der Waals surface area contributed by atoms with Crippen molar-refractivity contribution in [2.24, 2.45) is 0 Å². The van der Waals surface area contributed by atoms with Gasteiger partial charge in [-0.2, -0.15) is 0 Å². The van der Waals surface area contributed by atoms with Crippen molar-refractivity contribution in [1.29, 1.82) is 0 Å². The Bertz CT molecular complexity index is 658. The Kier molecular flexibility index (Phi) is 6.61. The fraction of sp³-hybridized carbons (Fsp3) is 0.278. The van der Waals surface area contributed by atoms with E-state index in [-0.39, 0.29) is 13.2 Å². The summed E-state index contributed by atoms with van der Waals surface area (Å²) < 4.78 is 5.04. The minimum absolute atomic E-state index is 0.138. The SMILES string of the molecule is Cc1cc(Cl)cc(C(O)C(O)CNC(=O)OCc2ccccc2)c1. The first-order valence-electron chi connectivity index (χ1n) is 7.53. The molecule has 0 aliphatic carbocycles. The number of hydrogen-bond acceptors (Lipinski definition) is 4. The molecule has 2 atom stereocenters. The molecule has 0 fully saturated rings. The number of aryl methyl sites for hydroxylation is 1. The van der Waals surface area contributed by atoms with Crippen LogP contribution in [0, 0.1) is 6.92 Å². The average molecular weight is 350 g/mol. The molecule has 0 aliphatic heterocycles. The number of alkyl carbamates (subject to hydrolysis) is 1. The summed E-state index contributed by atoms with van der Waals surface area (Å²) in [5, 5.41) is 23.1. The number of aliphatic hydroxyl groups is 2. The molecule has 0 aliphatic rings. The van der Waals surface area contributed by atoms with Gasteiger partial charge in [-0.05, 0) is 35.7 Å². The van der Waals surface area contributed by atoms with Gasteiger partial charge in [-0.25, -0.2) is 4.79 Å². The lowest BCUT2D eigenvalue weighted by Gasteiger charge is -2.19. The summed E-state index contributed by atoms with van der Waals surface area (Å²) in [5.41, 5.74) is 2.23. The molecule has 3 N–H and O–H groups in total. The molecular formula is C18H20ClNO4. The number of amides is 1. The molecule has 0 bridgehead atoms. The number of halogens is 1. The lowest BCUT2D eigenvalue weighted by molar-refractivity contribution is 0.0184. The lowest BCUT2D eigenvalue weighted by atomic mass is 10.0. The number of aliphatic hydroxyl groups excluding tert-OH is 2. The zero-order valence-corrected chi connectivity index (χ0v) is 14.0. The number of rotatable bonds is 6. The summed E-state index contributed by atoms with van der Waals surface area (Å²) in [4.78, 5) is 11.6. The maximum Gasteiger partial charge on any atom is 0.407 e. The zero-order chi connectivity index (χ0) is 17.5. The van der Waals surface area contributed by atoms with Crippen LogP contribution in [0.2, 0.25) is 5.02 Å². The van der Waals surface area contributed by atoms with Crippen LogP contribution in [0.5, 0.6) is 0 Å². The molecule has 0 aromatic heterocycles. The van der Waals surface area contributed by atoms with E-state index in [2.05, 4.69) is 5.32 Å². The van der Waals surface area contributed by atoms with E-state index in [4.69, 9.17) is 16.3 Å². The Morgan fingerprint density at radius 2 is 1.92 bits per heavy atom. The van der Waals surface area contributed by atoms with Gasteiger partial charge in [-0.1, -0.05) is 48.0 Å². The van der Waals surface area contributed by atoms with Gasteiger partial charge in [0.2, 0.25) is 0 Å². The van der Waals surface area contributed by atoms with E-state index in [9.17, 15) is 15.0 Å². The predicted octanol–water partition coefficient (Wildman–Crippen LogP) is 2.97. The van der Waals surface area contributed by atoms with Gasteiger partial charge in [0.05, 0.1) is 0 Å². The van der Waals surface area contributed by atoms with Gasteiger partial charge in [0.15, 0.2) is 0 Å². The van der Waals surface area contributed by atoms with Crippen LogP contribution in [0.1, 0.15) is 22.8 Å². The first-order valence-corrected chi connectivity index (χ1v) is 7.91. The summed E-state index contributed by atoms with van der Waals surface area (Å²) >= 11 is 5.94. The van der Waals surface area contributed by atoms with Crippen LogP contribution in [0.25, 0.3) is 0 Å². The van der Waals surface area contributed by atoms with E-state index in [1.54, 1.807) is 18.2 Å². The molecule has 2 rings (SSSR count). The van der Waals surface area contributed by atoms with Crippen molar-refractivity contribution in [2.45, 2.75) is 25.7 Å². The second kappa shape index (κ2) is 8.68. The molecule has 0 radical (unpaired) electrons. The van der Waals surface area contributed by atoms with E-state index in [1.807, 2.05) is 37.3 Å². The van der Waals surface area contributed by atoms with Crippen LogP contribution in [0.3, 0.4) is 0 Å². The van der Waals surface area contributed by atoms with E-state index in [0.29, 0.717) is 10.6 Å².